The van der Waals surface area contributed by atoms with E-state index in [0.717, 1.165) is 0 Å². The van der Waals surface area contributed by atoms with Crippen LogP contribution in [0.25, 0.3) is 0 Å². The monoisotopic (exact) mass is 1040 g/mol. The van der Waals surface area contributed by atoms with Crippen LogP contribution in [-0.2, 0) is 0 Å². The Labute approximate surface area is 590 Å². The molecular formula is C2H31Br4Ca6Cl3K3NaO10Si. The summed E-state index contributed by atoms with van der Waals surface area (Å²) in [6.45, 7) is 0. The molecule has 28 heteroatoms. The summed E-state index contributed by atoms with van der Waals surface area (Å²) >= 11 is 0. The van der Waals surface area contributed by atoms with Crippen molar-refractivity contribution in [1.29, 1.82) is 0 Å². The Morgan fingerprint density at radius 1 is 0.500 bits per heavy atom. The van der Waals surface area contributed by atoms with Crippen molar-refractivity contribution in [3.8, 4) is 0 Å². The molecule has 0 amide bonds. The van der Waals surface area contributed by atoms with E-state index >= 15 is 0 Å². The second-order valence-corrected chi connectivity index (χ2v) is 2.37. The molecule has 0 aromatic carbocycles. The van der Waals surface area contributed by atoms with E-state index in [1.54, 1.807) is 0 Å². The van der Waals surface area contributed by atoms with E-state index in [1.807, 2.05) is 0 Å². The molecule has 0 aromatic heterocycles. The third-order valence-corrected chi connectivity index (χ3v) is 0. The van der Waals surface area contributed by atoms with E-state index < -0.39 is 21.4 Å². The van der Waals surface area contributed by atoms with E-state index in [-0.39, 0.29) is 538 Å². The van der Waals surface area contributed by atoms with Crippen LogP contribution in [0.15, 0.2) is 0 Å². The molecule has 0 heterocycles. The molecule has 8 N–H and O–H groups in total. The number of carbonyl (C=O) groups is 2. The van der Waals surface area contributed by atoms with Gasteiger partial charge in [-0.05, 0) is 0 Å². The first-order valence-electron chi connectivity index (χ1n) is 2.20. The maximum Gasteiger partial charge on any atom is 2.00 e. The summed E-state index contributed by atoms with van der Waals surface area (Å²) in [6.07, 6.45) is -3.67. The smallest absolute Gasteiger partial charge is 1.00 e. The number of rotatable bonds is 0. The minimum Gasteiger partial charge on any atom is -1.00 e. The zero-order valence-corrected chi connectivity index (χ0v) is 51.9. The Hall–Kier alpha value is 14.9. The molecule has 0 aromatic rings. The third-order valence-electron chi connectivity index (χ3n) is 0. The summed E-state index contributed by atoms with van der Waals surface area (Å²) in [5.41, 5.74) is 0. The second-order valence-electron chi connectivity index (χ2n) is 1.17. The van der Waals surface area contributed by atoms with Crippen LogP contribution in [0.4, 0.5) is 9.59 Å². The van der Waals surface area contributed by atoms with Crippen LogP contribution in [0, 0.1) is 0 Å². The van der Waals surface area contributed by atoms with Gasteiger partial charge >= 0.3 is 431 Å². The van der Waals surface area contributed by atoms with Crippen LogP contribution in [-0.4, -0.2) is 287 Å². The van der Waals surface area contributed by atoms with Gasteiger partial charge < -0.3 is 62.4 Å². The number of halogens is 7. The minimum absolute atomic E-state index is 0. The van der Waals surface area contributed by atoms with Crippen LogP contribution in [0.1, 0.15) is 22.8 Å². The van der Waals surface area contributed by atoms with Gasteiger partial charge in [0.05, 0.1) is 0 Å². The van der Waals surface area contributed by atoms with Gasteiger partial charge in [0.2, 0.25) is 0 Å². The maximum absolute atomic E-state index is 8.56. The van der Waals surface area contributed by atoms with E-state index in [1.165, 1.54) is 0 Å². The quantitative estimate of drug-likeness (QED) is 0.108. The molecule has 0 rings (SSSR count). The van der Waals surface area contributed by atoms with E-state index in [0.29, 0.717) is 0 Å². The molecule has 10 nitrogen and oxygen atoms in total. The summed E-state index contributed by atoms with van der Waals surface area (Å²) in [7, 11) is -4.61. The molecule has 0 fully saturated rings. The molecular weight excluding hydrogens is 1020 g/mol. The molecule has 168 valence electrons. The zero-order valence-electron chi connectivity index (χ0n) is 33.0. The first-order valence-corrected chi connectivity index (χ1v) is 3.99. The fourth-order valence-electron chi connectivity index (χ4n) is 0. The molecule has 0 aliphatic rings. The van der Waals surface area contributed by atoms with Crippen molar-refractivity contribution in [1.82, 2.24) is 0 Å². The first kappa shape index (κ1) is 140. The average Bonchev–Trinajstić information content (AvgIpc) is 1.50. The van der Waals surface area contributed by atoms with E-state index in [4.69, 9.17) is 49.2 Å². The Kier molecular flexibility index (Phi) is 520. The fraction of sp³-hybridized carbons (Fsp3) is 0. The van der Waals surface area contributed by atoms with Gasteiger partial charge in [0, 0.05) is 0 Å². The van der Waals surface area contributed by atoms with Gasteiger partial charge in [0.1, 0.15) is 0 Å². The fourth-order valence-corrected chi connectivity index (χ4v) is 0. The van der Waals surface area contributed by atoms with Crippen LogP contribution in [0.5, 0.6) is 0 Å². The molecule has 0 aliphatic carbocycles. The van der Waals surface area contributed by atoms with Gasteiger partial charge in [-0.1, -0.05) is 0 Å². The predicted molar refractivity (Wildman–Crippen MR) is 151 cm³/mol. The topological polar surface area (TPSA) is 196 Å². The van der Waals surface area contributed by atoms with Crippen molar-refractivity contribution in [2.45, 2.75) is 0 Å². The third kappa shape index (κ3) is 340. The van der Waals surface area contributed by atoms with Crippen molar-refractivity contribution < 1.29 is 256 Å². The van der Waals surface area contributed by atoms with Crippen LogP contribution >= 0.6 is 105 Å². The van der Waals surface area contributed by atoms with Crippen molar-refractivity contribution >= 4 is 353 Å². The molecule has 0 saturated carbocycles. The summed E-state index contributed by atoms with van der Waals surface area (Å²) in [5, 5.41) is 27.9. The Balaban J connectivity index is -0.000000000707. The normalized spacial score (nSPS) is 3.60. The summed E-state index contributed by atoms with van der Waals surface area (Å²) in [4.78, 5) is 46.4. The van der Waals surface area contributed by atoms with Crippen molar-refractivity contribution in [2.75, 3.05) is 0 Å². The number of hydrogen-bond acceptors (Lipinski definition) is 6. The van der Waals surface area contributed by atoms with E-state index in [9.17, 15) is 0 Å². The van der Waals surface area contributed by atoms with Crippen LogP contribution in [0.3, 0.4) is 0 Å². The molecule has 0 bridgehead atoms. The molecule has 0 aliphatic heterocycles. The van der Waals surface area contributed by atoms with Gasteiger partial charge in [0.25, 0.3) is 0 Å². The molecule has 0 spiro atoms. The Morgan fingerprint density at radius 2 is 0.500 bits per heavy atom. The van der Waals surface area contributed by atoms with Gasteiger partial charge in [-0.3, -0.25) is 0 Å². The summed E-state index contributed by atoms with van der Waals surface area (Å²) in [6, 6.07) is 0. The standard InChI is InChI=1S/2CH2O3.4BrH.6Ca.3ClH.3K.Na.H4O4Si.16H/c2*2-1(3)4;;;;;;;;;;;;;;;;;;1-5(2,3)4;;;;;;;;;;;;;;;;/h2*(H2,2,3,4);4*1H;;;;;;;3*1H;;;;;1-4H;;;;;;;;;;;;;;;;/q;;;;;;6*+2;;;;4*+1;;16*-1. The zero-order chi connectivity index (χ0) is 11.7. The SMILES string of the molecule is Br.Br.Br.Br.Cl.Cl.Cl.O=C(O)O.O=C(O)O.O[Si](O)(O)O.[Ca+2].[Ca+2].[Ca+2].[Ca+2].[Ca+2].[Ca+2].[H-].[H-].[H-].[H-].[H-].[H-].[H-].[H-].[H-].[H-].[H-].[H-].[H-].[H-].[H-].[H-].[K+].[K+].[K+].[Na+]. The molecule has 0 saturated heterocycles. The van der Waals surface area contributed by atoms with Crippen molar-refractivity contribution in [3.05, 3.63) is 0 Å². The van der Waals surface area contributed by atoms with Crippen molar-refractivity contribution in [2.24, 2.45) is 0 Å². The molecule has 30 heavy (non-hydrogen) atoms. The summed E-state index contributed by atoms with van der Waals surface area (Å²) < 4.78 is 0. The first-order chi connectivity index (χ1) is 5.46. The maximum atomic E-state index is 8.56. The minimum atomic E-state index is -4.61. The second kappa shape index (κ2) is 112. The average molecular weight is 1050 g/mol. The largest absolute Gasteiger partial charge is 2.00 e. The van der Waals surface area contributed by atoms with Gasteiger partial charge in [-0.2, -0.15) is 0 Å². The van der Waals surface area contributed by atoms with Crippen LogP contribution < -0.4 is 184 Å². The number of carboxylic acid groups (broad SMARTS) is 4. The van der Waals surface area contributed by atoms with Gasteiger partial charge in [-0.15, -0.1) is 105 Å². The summed E-state index contributed by atoms with van der Waals surface area (Å²) in [5.74, 6) is 0. The molecule has 0 radical (unpaired) electrons. The van der Waals surface area contributed by atoms with Gasteiger partial charge in [0.15, 0.2) is 0 Å². The molecule has 0 unspecified atom stereocenters. The van der Waals surface area contributed by atoms with Crippen LogP contribution in [0.2, 0.25) is 0 Å². The van der Waals surface area contributed by atoms with Gasteiger partial charge in [-0.25, -0.2) is 9.59 Å². The molecule has 0 atom stereocenters. The Bertz CT molecular complexity index is 228. The Morgan fingerprint density at radius 3 is 0.500 bits per heavy atom. The van der Waals surface area contributed by atoms with Crippen molar-refractivity contribution in [3.63, 3.8) is 0 Å². The number of hydrogen-bond donors (Lipinski definition) is 8. The predicted octanol–water partition coefficient (Wildman–Crippen LogP) is -11.1. The van der Waals surface area contributed by atoms with E-state index in [2.05, 4.69) is 0 Å².